The first kappa shape index (κ1) is 61.1. The summed E-state index contributed by atoms with van der Waals surface area (Å²) >= 11 is 0. The lowest BCUT2D eigenvalue weighted by Gasteiger charge is -2.24. The number of amides is 7. The number of nitrogens with two attached hydrogens (primary N) is 1. The van der Waals surface area contributed by atoms with Gasteiger partial charge in [-0.05, 0) is 114 Å². The van der Waals surface area contributed by atoms with Crippen molar-refractivity contribution in [3.8, 4) is 0 Å². The molecule has 0 bridgehead atoms. The van der Waals surface area contributed by atoms with Crippen molar-refractivity contribution < 1.29 is 61.4 Å². The molecule has 1 aliphatic heterocycles. The summed E-state index contributed by atoms with van der Waals surface area (Å²) in [6.45, 7) is 14.9. The second-order valence-corrected chi connectivity index (χ2v) is 21.9. The number of nitrogens with one attached hydrogen (secondary N) is 5. The second kappa shape index (κ2) is 26.1. The molecule has 0 aromatic heterocycles. The molecular weight excluding hydrogens is 1010 g/mol. The van der Waals surface area contributed by atoms with Crippen LogP contribution in [0, 0.1) is 23.5 Å². The monoisotopic (exact) mass is 1080 g/mol. The minimum atomic E-state index is -0.690. The Hall–Kier alpha value is -7.74. The smallest absolute Gasteiger partial charge is 0.407 e. The van der Waals surface area contributed by atoms with Crippen LogP contribution in [0.5, 0.6) is 0 Å². The SMILES string of the molecule is CNC(=O)c1ccc(C[C@@H](CN)NC(=O)OC(C)(C)C)cc1F.CNC(=O)c1ccc(C[C@@H](CNC(=O)[C@@H]2C[C@@]2(C)c2ccccc2)NC(=O)OC(C)(C)C)cc1F.C[C@@]1(c2ccccc2)C[C@H]1C(=O)ON1C(=O)CCC1=O. The highest BCUT2D eigenvalue weighted by Gasteiger charge is 2.58. The summed E-state index contributed by atoms with van der Waals surface area (Å²) in [5, 5.41) is 13.8. The topological polar surface area (TPSA) is 254 Å². The summed E-state index contributed by atoms with van der Waals surface area (Å²) in [4.78, 5) is 100. The van der Waals surface area contributed by atoms with E-state index >= 15 is 0 Å². The number of hydrogen-bond donors (Lipinski definition) is 6. The van der Waals surface area contributed by atoms with Crippen LogP contribution < -0.4 is 32.3 Å². The zero-order valence-corrected chi connectivity index (χ0v) is 46.0. The van der Waals surface area contributed by atoms with E-state index < -0.39 is 76.7 Å². The number of halogens is 2. The first-order valence-corrected chi connectivity index (χ1v) is 25.8. The van der Waals surface area contributed by atoms with Gasteiger partial charge in [-0.2, -0.15) is 0 Å². The first-order valence-electron chi connectivity index (χ1n) is 25.8. The van der Waals surface area contributed by atoms with Gasteiger partial charge >= 0.3 is 18.2 Å². The number of nitrogens with zero attached hydrogens (tertiary/aromatic N) is 1. The van der Waals surface area contributed by atoms with E-state index in [1.807, 2.05) is 67.6 Å². The Bertz CT molecular complexity index is 2810. The van der Waals surface area contributed by atoms with E-state index in [2.05, 4.69) is 33.5 Å². The van der Waals surface area contributed by atoms with Gasteiger partial charge in [0.05, 0.1) is 23.1 Å². The van der Waals surface area contributed by atoms with Crippen molar-refractivity contribution >= 4 is 47.7 Å². The Balaban J connectivity index is 0.000000227. The maximum absolute atomic E-state index is 14.5. The lowest BCUT2D eigenvalue weighted by atomic mass is 9.95. The number of ether oxygens (including phenoxy) is 2. The van der Waals surface area contributed by atoms with E-state index in [1.165, 1.54) is 38.4 Å². The minimum absolute atomic E-state index is 0.0272. The predicted molar refractivity (Wildman–Crippen MR) is 286 cm³/mol. The fraction of sp³-hybridized carbons (Fsp3) is 0.448. The molecule has 3 fully saturated rings. The number of alkyl carbamates (subject to hydrolysis) is 2. The van der Waals surface area contributed by atoms with Gasteiger partial charge in [0, 0.05) is 62.8 Å². The molecule has 4 aromatic carbocycles. The van der Waals surface area contributed by atoms with Crippen molar-refractivity contribution in [2.45, 2.75) is 128 Å². The lowest BCUT2D eigenvalue weighted by molar-refractivity contribution is -0.198. The molecule has 20 heteroatoms. The number of imide groups is 1. The highest BCUT2D eigenvalue weighted by atomic mass is 19.1. The highest BCUT2D eigenvalue weighted by molar-refractivity contribution is 6.02. The molecule has 1 saturated heterocycles. The molecule has 4 aromatic rings. The Labute approximate surface area is 454 Å². The molecule has 2 saturated carbocycles. The van der Waals surface area contributed by atoms with Gasteiger partial charge in [-0.15, -0.1) is 5.06 Å². The quantitative estimate of drug-likeness (QED) is 0.0629. The summed E-state index contributed by atoms with van der Waals surface area (Å²) in [6, 6.07) is 27.3. The minimum Gasteiger partial charge on any atom is -0.444 e. The van der Waals surface area contributed by atoms with Crippen molar-refractivity contribution in [3.05, 3.63) is 142 Å². The van der Waals surface area contributed by atoms with Crippen molar-refractivity contribution in [3.63, 3.8) is 0 Å². The van der Waals surface area contributed by atoms with Crippen molar-refractivity contribution in [1.82, 2.24) is 31.6 Å². The highest BCUT2D eigenvalue weighted by Crippen LogP contribution is 2.55. The zero-order chi connectivity index (χ0) is 57.8. The second-order valence-electron chi connectivity index (χ2n) is 21.9. The van der Waals surface area contributed by atoms with E-state index in [4.69, 9.17) is 20.0 Å². The van der Waals surface area contributed by atoms with Crippen molar-refractivity contribution in [2.24, 2.45) is 17.6 Å². The van der Waals surface area contributed by atoms with Crippen molar-refractivity contribution in [1.29, 1.82) is 0 Å². The molecule has 18 nitrogen and oxygen atoms in total. The molecule has 7 N–H and O–H groups in total. The number of carbonyl (C=O) groups excluding carboxylic acids is 8. The Morgan fingerprint density at radius 2 is 1.05 bits per heavy atom. The Morgan fingerprint density at radius 1 is 0.641 bits per heavy atom. The summed E-state index contributed by atoms with van der Waals surface area (Å²) in [6.07, 6.45) is 1.03. The van der Waals surface area contributed by atoms with Crippen LogP contribution in [0.4, 0.5) is 18.4 Å². The number of hydroxylamine groups is 2. The number of rotatable bonds is 16. The fourth-order valence-electron chi connectivity index (χ4n) is 8.78. The van der Waals surface area contributed by atoms with Crippen LogP contribution in [0.2, 0.25) is 0 Å². The normalized spacial score (nSPS) is 19.9. The van der Waals surface area contributed by atoms with E-state index in [0.29, 0.717) is 29.0 Å². The van der Waals surface area contributed by atoms with Crippen molar-refractivity contribution in [2.75, 3.05) is 27.2 Å². The summed E-state index contributed by atoms with van der Waals surface area (Å²) in [7, 11) is 2.87. The molecule has 78 heavy (non-hydrogen) atoms. The maximum atomic E-state index is 14.5. The van der Waals surface area contributed by atoms with Crippen LogP contribution in [0.3, 0.4) is 0 Å². The summed E-state index contributed by atoms with van der Waals surface area (Å²) in [5.74, 6) is -4.20. The summed E-state index contributed by atoms with van der Waals surface area (Å²) in [5.41, 5.74) is 7.18. The standard InChI is InChI=1S/C27H34FN3O4.C16H24FN3O3.C15H15NO4/c1-26(2,3)35-25(34)31-19(13-17-11-12-20(22(28)14-17)23(32)29-5)16-30-24(33)21-15-27(21,4)18-9-7-6-8-10-18;1-16(2,3)23-15(22)20-11(9-18)7-10-5-6-12(13(17)8-10)14(21)19-4;1-15(10-5-3-2-4-6-10)9-11(15)14(19)20-16-12(17)7-8-13(16)18/h6-12,14,19,21H,13,15-16H2,1-5H3,(H,29,32)(H,30,33)(H,31,34);5-6,8,11H,7,9,18H2,1-4H3,(H,19,21)(H,20,22);2-6,11H,7-9H2,1H3/t19-,21-,27-;11-;11-,15-/m000/s1. The fourth-order valence-corrected chi connectivity index (χ4v) is 8.78. The van der Waals surface area contributed by atoms with Gasteiger partial charge in [0.1, 0.15) is 22.8 Å². The van der Waals surface area contributed by atoms with Gasteiger partial charge in [0.2, 0.25) is 5.91 Å². The molecule has 7 amide bonds. The molecule has 0 spiro atoms. The van der Waals surface area contributed by atoms with Crippen LogP contribution in [0.25, 0.3) is 0 Å². The van der Waals surface area contributed by atoms with E-state index in [-0.39, 0.29) is 72.1 Å². The lowest BCUT2D eigenvalue weighted by Crippen LogP contribution is -2.47. The zero-order valence-electron chi connectivity index (χ0n) is 46.0. The average Bonchev–Trinajstić information content (AvgIpc) is 4.26. The summed E-state index contributed by atoms with van der Waals surface area (Å²) < 4.78 is 38.9. The molecule has 3 aliphatic rings. The Morgan fingerprint density at radius 3 is 1.46 bits per heavy atom. The third-order valence-electron chi connectivity index (χ3n) is 13.4. The van der Waals surface area contributed by atoms with E-state index in [0.717, 1.165) is 17.5 Å². The van der Waals surface area contributed by atoms with Crippen LogP contribution >= 0.6 is 0 Å². The number of hydrogen-bond acceptors (Lipinski definition) is 12. The molecule has 6 atom stereocenters. The Kier molecular flexibility index (Phi) is 20.4. The number of carbonyl (C=O) groups is 8. The van der Waals surface area contributed by atoms with Gasteiger partial charge in [-0.25, -0.2) is 23.2 Å². The predicted octanol–water partition coefficient (Wildman–Crippen LogP) is 6.87. The molecule has 0 unspecified atom stereocenters. The first-order chi connectivity index (χ1) is 36.6. The van der Waals surface area contributed by atoms with Gasteiger partial charge in [-0.1, -0.05) is 86.6 Å². The molecule has 1 heterocycles. The third kappa shape index (κ3) is 17.1. The third-order valence-corrected chi connectivity index (χ3v) is 13.4. The van der Waals surface area contributed by atoms with Crippen LogP contribution in [0.1, 0.15) is 124 Å². The van der Waals surface area contributed by atoms with Gasteiger partial charge in [0.25, 0.3) is 23.6 Å². The maximum Gasteiger partial charge on any atom is 0.407 e. The van der Waals surface area contributed by atoms with Gasteiger partial charge < -0.3 is 46.6 Å². The van der Waals surface area contributed by atoms with E-state index in [1.54, 1.807) is 53.7 Å². The largest absolute Gasteiger partial charge is 0.444 e. The van der Waals surface area contributed by atoms with Crippen LogP contribution in [0.15, 0.2) is 97.1 Å². The van der Waals surface area contributed by atoms with Gasteiger partial charge in [-0.3, -0.25) is 24.0 Å². The van der Waals surface area contributed by atoms with Crippen LogP contribution in [-0.4, -0.2) is 103 Å². The molecular formula is C58H73F2N7O11. The average molecular weight is 1080 g/mol. The van der Waals surface area contributed by atoms with Gasteiger partial charge in [0.15, 0.2) is 0 Å². The molecule has 420 valence electrons. The van der Waals surface area contributed by atoms with E-state index in [9.17, 15) is 47.1 Å². The molecule has 2 aliphatic carbocycles. The molecule has 7 rings (SSSR count). The molecule has 0 radical (unpaired) electrons. The number of benzene rings is 4. The van der Waals surface area contributed by atoms with Crippen LogP contribution in [-0.2, 0) is 57.2 Å².